The number of rotatable bonds is 11. The van der Waals surface area contributed by atoms with Gasteiger partial charge >= 0.3 is 0 Å². The summed E-state index contributed by atoms with van der Waals surface area (Å²) in [5, 5.41) is 3.64. The molecular formula is C34H35Cl2N3O4S. The zero-order valence-electron chi connectivity index (χ0n) is 24.8. The highest BCUT2D eigenvalue weighted by atomic mass is 35.5. The molecule has 0 saturated carbocycles. The lowest BCUT2D eigenvalue weighted by Gasteiger charge is -2.35. The normalized spacial score (nSPS) is 12.3. The van der Waals surface area contributed by atoms with Gasteiger partial charge in [-0.2, -0.15) is 0 Å². The Hall–Kier alpha value is -3.85. The van der Waals surface area contributed by atoms with Gasteiger partial charge in [0.25, 0.3) is 10.0 Å². The number of hydrogen-bond donors (Lipinski definition) is 1. The number of nitrogens with one attached hydrogen (secondary N) is 1. The molecule has 0 bridgehead atoms. The quantitative estimate of drug-likeness (QED) is 0.194. The molecule has 0 aliphatic heterocycles. The monoisotopic (exact) mass is 651 g/mol. The first-order chi connectivity index (χ1) is 20.9. The first-order valence-corrected chi connectivity index (χ1v) is 16.3. The van der Waals surface area contributed by atoms with Crippen LogP contribution in [0.25, 0.3) is 0 Å². The molecule has 0 saturated heterocycles. The van der Waals surface area contributed by atoms with Crippen LogP contribution >= 0.6 is 23.2 Å². The van der Waals surface area contributed by atoms with E-state index in [2.05, 4.69) is 5.32 Å². The minimum absolute atomic E-state index is 0.0312. The van der Waals surface area contributed by atoms with E-state index in [1.54, 1.807) is 66.7 Å². The lowest BCUT2D eigenvalue weighted by Crippen LogP contribution is -2.56. The molecule has 1 atom stereocenters. The summed E-state index contributed by atoms with van der Waals surface area (Å²) >= 11 is 13.1. The predicted octanol–water partition coefficient (Wildman–Crippen LogP) is 6.74. The second-order valence-electron chi connectivity index (χ2n) is 11.3. The lowest BCUT2D eigenvalue weighted by molar-refractivity contribution is -0.140. The number of sulfonamides is 1. The number of anilines is 1. The van der Waals surface area contributed by atoms with E-state index in [1.165, 1.54) is 17.0 Å². The van der Waals surface area contributed by atoms with E-state index in [0.717, 1.165) is 9.87 Å². The molecule has 0 spiro atoms. The SMILES string of the molecule is CC(C)(C)NC(=O)[C@@H](Cc1ccccc1)N(Cc1c(Cl)cccc1Cl)C(=O)CN(c1ccccc1)S(=O)(=O)c1ccccc1. The van der Waals surface area contributed by atoms with E-state index in [9.17, 15) is 18.0 Å². The number of hydrogen-bond acceptors (Lipinski definition) is 4. The van der Waals surface area contributed by atoms with Gasteiger partial charge in [0.1, 0.15) is 12.6 Å². The highest BCUT2D eigenvalue weighted by Crippen LogP contribution is 2.29. The third-order valence-electron chi connectivity index (χ3n) is 6.81. The Morgan fingerprint density at radius 1 is 0.773 bits per heavy atom. The van der Waals surface area contributed by atoms with Crippen LogP contribution in [-0.4, -0.2) is 43.3 Å². The number of halogens is 2. The van der Waals surface area contributed by atoms with Gasteiger partial charge in [-0.25, -0.2) is 8.42 Å². The maximum Gasteiger partial charge on any atom is 0.264 e. The van der Waals surface area contributed by atoms with Crippen molar-refractivity contribution in [3.05, 3.63) is 130 Å². The van der Waals surface area contributed by atoms with Gasteiger partial charge in [-0.05, 0) is 62.7 Å². The molecule has 0 aliphatic rings. The molecule has 0 aromatic heterocycles. The van der Waals surface area contributed by atoms with E-state index in [4.69, 9.17) is 23.2 Å². The van der Waals surface area contributed by atoms with Crippen molar-refractivity contribution >= 4 is 50.7 Å². The maximum absolute atomic E-state index is 14.5. The Morgan fingerprint density at radius 2 is 1.30 bits per heavy atom. The van der Waals surface area contributed by atoms with Gasteiger partial charge < -0.3 is 10.2 Å². The molecule has 4 rings (SSSR count). The second kappa shape index (κ2) is 14.3. The van der Waals surface area contributed by atoms with Crippen molar-refractivity contribution in [3.8, 4) is 0 Å². The van der Waals surface area contributed by atoms with Crippen LogP contribution in [0, 0.1) is 0 Å². The number of carbonyl (C=O) groups excluding carboxylic acids is 2. The van der Waals surface area contributed by atoms with Crippen molar-refractivity contribution in [2.75, 3.05) is 10.8 Å². The van der Waals surface area contributed by atoms with Crippen LogP contribution in [0.2, 0.25) is 10.0 Å². The molecule has 4 aromatic rings. The van der Waals surface area contributed by atoms with Crippen molar-refractivity contribution in [3.63, 3.8) is 0 Å². The van der Waals surface area contributed by atoms with Gasteiger partial charge in [0.2, 0.25) is 11.8 Å². The molecular weight excluding hydrogens is 617 g/mol. The average molecular weight is 653 g/mol. The second-order valence-corrected chi connectivity index (χ2v) is 14.0. The fourth-order valence-corrected chi connectivity index (χ4v) is 6.66. The van der Waals surface area contributed by atoms with Crippen LogP contribution < -0.4 is 9.62 Å². The van der Waals surface area contributed by atoms with E-state index in [1.807, 2.05) is 51.1 Å². The smallest absolute Gasteiger partial charge is 0.264 e. The molecule has 0 heterocycles. The summed E-state index contributed by atoms with van der Waals surface area (Å²) in [4.78, 5) is 29.8. The summed E-state index contributed by atoms with van der Waals surface area (Å²) in [5.41, 5.74) is 0.971. The zero-order valence-corrected chi connectivity index (χ0v) is 27.1. The summed E-state index contributed by atoms with van der Waals surface area (Å²) in [6.07, 6.45) is 0.174. The molecule has 230 valence electrons. The summed E-state index contributed by atoms with van der Waals surface area (Å²) in [6, 6.07) is 29.6. The molecule has 10 heteroatoms. The van der Waals surface area contributed by atoms with Gasteiger partial charge in [-0.15, -0.1) is 0 Å². The van der Waals surface area contributed by atoms with Crippen molar-refractivity contribution in [1.29, 1.82) is 0 Å². The maximum atomic E-state index is 14.5. The Bertz CT molecular complexity index is 1660. The van der Waals surface area contributed by atoms with Crippen LogP contribution in [0.5, 0.6) is 0 Å². The van der Waals surface area contributed by atoms with E-state index >= 15 is 0 Å². The first-order valence-electron chi connectivity index (χ1n) is 14.1. The van der Waals surface area contributed by atoms with Crippen LogP contribution in [0.4, 0.5) is 5.69 Å². The van der Waals surface area contributed by atoms with Crippen molar-refractivity contribution < 1.29 is 18.0 Å². The Morgan fingerprint density at radius 3 is 1.84 bits per heavy atom. The van der Waals surface area contributed by atoms with Crippen LogP contribution in [-0.2, 0) is 32.6 Å². The summed E-state index contributed by atoms with van der Waals surface area (Å²) in [7, 11) is -4.17. The highest BCUT2D eigenvalue weighted by molar-refractivity contribution is 7.92. The Balaban J connectivity index is 1.83. The Labute approximate surface area is 269 Å². The minimum Gasteiger partial charge on any atom is -0.350 e. The van der Waals surface area contributed by atoms with Crippen LogP contribution in [0.15, 0.2) is 114 Å². The van der Waals surface area contributed by atoms with Crippen LogP contribution in [0.1, 0.15) is 31.9 Å². The average Bonchev–Trinajstić information content (AvgIpc) is 2.99. The minimum atomic E-state index is -4.17. The number of benzene rings is 4. The van der Waals surface area contributed by atoms with Crippen LogP contribution in [0.3, 0.4) is 0 Å². The molecule has 2 amide bonds. The van der Waals surface area contributed by atoms with Crippen molar-refractivity contribution in [2.45, 2.75) is 50.2 Å². The lowest BCUT2D eigenvalue weighted by atomic mass is 10.0. The van der Waals surface area contributed by atoms with Gasteiger partial charge in [0.05, 0.1) is 10.6 Å². The molecule has 7 nitrogen and oxygen atoms in total. The summed E-state index contributed by atoms with van der Waals surface area (Å²) in [5.74, 6) is -0.996. The summed E-state index contributed by atoms with van der Waals surface area (Å²) < 4.78 is 29.0. The fraction of sp³-hybridized carbons (Fsp3) is 0.235. The third-order valence-corrected chi connectivity index (χ3v) is 9.31. The number of para-hydroxylation sites is 1. The molecule has 0 radical (unpaired) electrons. The molecule has 0 fully saturated rings. The third kappa shape index (κ3) is 8.40. The number of amides is 2. The molecule has 0 unspecified atom stereocenters. The Kier molecular flexibility index (Phi) is 10.7. The highest BCUT2D eigenvalue weighted by Gasteiger charge is 2.36. The summed E-state index contributed by atoms with van der Waals surface area (Å²) in [6.45, 7) is 4.86. The van der Waals surface area contributed by atoms with Gasteiger partial charge in [0.15, 0.2) is 0 Å². The largest absolute Gasteiger partial charge is 0.350 e. The molecule has 44 heavy (non-hydrogen) atoms. The zero-order chi connectivity index (χ0) is 31.9. The van der Waals surface area contributed by atoms with E-state index in [-0.39, 0.29) is 17.9 Å². The van der Waals surface area contributed by atoms with Crippen molar-refractivity contribution in [2.24, 2.45) is 0 Å². The van der Waals surface area contributed by atoms with Gasteiger partial charge in [-0.3, -0.25) is 13.9 Å². The fourth-order valence-electron chi connectivity index (χ4n) is 4.70. The van der Waals surface area contributed by atoms with E-state index in [0.29, 0.717) is 21.3 Å². The number of carbonyl (C=O) groups is 2. The van der Waals surface area contributed by atoms with Gasteiger partial charge in [0, 0.05) is 34.1 Å². The standard InChI is InChI=1S/C34H35Cl2N3O4S/c1-34(2,3)37-33(41)31(22-25-14-7-4-8-15-25)38(23-28-29(35)20-13-21-30(28)36)32(40)24-39(26-16-9-5-10-17-26)44(42,43)27-18-11-6-12-19-27/h4-21,31H,22-24H2,1-3H3,(H,37,41)/t31-/m1/s1. The topological polar surface area (TPSA) is 86.8 Å². The number of nitrogens with zero attached hydrogens (tertiary/aromatic N) is 2. The predicted molar refractivity (Wildman–Crippen MR) is 176 cm³/mol. The first kappa shape index (κ1) is 33.1. The van der Waals surface area contributed by atoms with E-state index < -0.39 is 40.0 Å². The molecule has 4 aromatic carbocycles. The molecule has 1 N–H and O–H groups in total. The van der Waals surface area contributed by atoms with Crippen molar-refractivity contribution in [1.82, 2.24) is 10.2 Å². The van der Waals surface area contributed by atoms with Gasteiger partial charge in [-0.1, -0.05) is 96.0 Å². The molecule has 0 aliphatic carbocycles.